The van der Waals surface area contributed by atoms with Gasteiger partial charge in [-0.25, -0.2) is 0 Å². The third-order valence-electron chi connectivity index (χ3n) is 3.75. The standard InChI is InChI=1S/C18H21BrN2O2S/c1-10-9-16(13(4)24-10)11(2)20-17(22)12(3)21-18(23)14-5-7-15(19)8-6-14/h5-9,11-12H,1-4H3,(H,20,22)(H,21,23)/t11-,12+/m0/s1. The maximum absolute atomic E-state index is 12.3. The Morgan fingerprint density at radius 3 is 2.25 bits per heavy atom. The van der Waals surface area contributed by atoms with Crippen LogP contribution in [0.25, 0.3) is 0 Å². The zero-order valence-corrected chi connectivity index (χ0v) is 16.5. The van der Waals surface area contributed by atoms with Crippen molar-refractivity contribution in [3.8, 4) is 0 Å². The van der Waals surface area contributed by atoms with Gasteiger partial charge in [0.2, 0.25) is 5.91 Å². The minimum absolute atomic E-state index is 0.0884. The first-order chi connectivity index (χ1) is 11.3. The van der Waals surface area contributed by atoms with Crippen LogP contribution >= 0.6 is 27.3 Å². The number of thiophene rings is 1. The molecule has 0 unspecified atom stereocenters. The number of amides is 2. The first-order valence-electron chi connectivity index (χ1n) is 7.71. The fourth-order valence-electron chi connectivity index (χ4n) is 2.44. The lowest BCUT2D eigenvalue weighted by atomic mass is 10.1. The quantitative estimate of drug-likeness (QED) is 0.781. The van der Waals surface area contributed by atoms with Gasteiger partial charge in [-0.15, -0.1) is 11.3 Å². The van der Waals surface area contributed by atoms with Crippen molar-refractivity contribution < 1.29 is 9.59 Å². The molecular formula is C18H21BrN2O2S. The van der Waals surface area contributed by atoms with Crippen LogP contribution < -0.4 is 10.6 Å². The van der Waals surface area contributed by atoms with Gasteiger partial charge in [0.25, 0.3) is 5.91 Å². The van der Waals surface area contributed by atoms with Crippen LogP contribution in [0.4, 0.5) is 0 Å². The molecule has 2 N–H and O–H groups in total. The van der Waals surface area contributed by atoms with Gasteiger partial charge in [0, 0.05) is 19.8 Å². The topological polar surface area (TPSA) is 58.2 Å². The highest BCUT2D eigenvalue weighted by Crippen LogP contribution is 2.26. The predicted octanol–water partition coefficient (Wildman–Crippen LogP) is 4.12. The summed E-state index contributed by atoms with van der Waals surface area (Å²) >= 11 is 5.05. The van der Waals surface area contributed by atoms with Crippen molar-refractivity contribution in [1.82, 2.24) is 10.6 Å². The minimum atomic E-state index is -0.608. The monoisotopic (exact) mass is 408 g/mol. The van der Waals surface area contributed by atoms with Crippen LogP contribution in [0.5, 0.6) is 0 Å². The number of rotatable bonds is 5. The maximum atomic E-state index is 12.3. The summed E-state index contributed by atoms with van der Waals surface area (Å²) in [6.45, 7) is 7.74. The van der Waals surface area contributed by atoms with Crippen molar-refractivity contribution in [3.63, 3.8) is 0 Å². The fraction of sp³-hybridized carbons (Fsp3) is 0.333. The molecule has 4 nitrogen and oxygen atoms in total. The summed E-state index contributed by atoms with van der Waals surface area (Å²) in [6, 6.07) is 8.41. The van der Waals surface area contributed by atoms with E-state index in [1.807, 2.05) is 13.8 Å². The van der Waals surface area contributed by atoms with E-state index in [0.29, 0.717) is 5.56 Å². The highest BCUT2D eigenvalue weighted by molar-refractivity contribution is 9.10. The van der Waals surface area contributed by atoms with Gasteiger partial charge >= 0.3 is 0 Å². The number of nitrogens with one attached hydrogen (secondary N) is 2. The Morgan fingerprint density at radius 2 is 1.71 bits per heavy atom. The van der Waals surface area contributed by atoms with Crippen LogP contribution in [0.3, 0.4) is 0 Å². The molecule has 2 amide bonds. The Kier molecular flexibility index (Phi) is 6.18. The molecule has 0 aliphatic rings. The molecule has 0 radical (unpaired) electrons. The molecule has 24 heavy (non-hydrogen) atoms. The Balaban J connectivity index is 1.95. The van der Waals surface area contributed by atoms with Crippen LogP contribution in [0.2, 0.25) is 0 Å². The molecule has 0 saturated carbocycles. The van der Waals surface area contributed by atoms with E-state index in [4.69, 9.17) is 0 Å². The van der Waals surface area contributed by atoms with Crippen molar-refractivity contribution in [2.24, 2.45) is 0 Å². The van der Waals surface area contributed by atoms with Gasteiger partial charge in [-0.1, -0.05) is 15.9 Å². The second-order valence-corrected chi connectivity index (χ2v) is 8.18. The van der Waals surface area contributed by atoms with Gasteiger partial charge in [-0.2, -0.15) is 0 Å². The number of aryl methyl sites for hydroxylation is 2. The Morgan fingerprint density at radius 1 is 1.08 bits per heavy atom. The molecule has 2 atom stereocenters. The van der Waals surface area contributed by atoms with E-state index in [1.54, 1.807) is 42.5 Å². The maximum Gasteiger partial charge on any atom is 0.251 e. The van der Waals surface area contributed by atoms with Crippen molar-refractivity contribution in [1.29, 1.82) is 0 Å². The Bertz CT molecular complexity index is 740. The molecule has 0 aliphatic carbocycles. The van der Waals surface area contributed by atoms with Gasteiger partial charge in [-0.3, -0.25) is 9.59 Å². The largest absolute Gasteiger partial charge is 0.348 e. The molecule has 2 rings (SSSR count). The van der Waals surface area contributed by atoms with E-state index in [2.05, 4.69) is 39.6 Å². The Labute approximate surface area is 154 Å². The van der Waals surface area contributed by atoms with Gasteiger partial charge in [0.1, 0.15) is 6.04 Å². The molecular weight excluding hydrogens is 388 g/mol. The summed E-state index contributed by atoms with van der Waals surface area (Å²) in [7, 11) is 0. The van der Waals surface area contributed by atoms with Gasteiger partial charge < -0.3 is 10.6 Å². The number of hydrogen-bond donors (Lipinski definition) is 2. The molecule has 1 aromatic heterocycles. The van der Waals surface area contributed by atoms with Crippen LogP contribution in [0.15, 0.2) is 34.8 Å². The first-order valence-corrected chi connectivity index (χ1v) is 9.32. The van der Waals surface area contributed by atoms with Gasteiger partial charge in [-0.05, 0) is 63.6 Å². The lowest BCUT2D eigenvalue weighted by Gasteiger charge is -2.18. The molecule has 0 bridgehead atoms. The van der Waals surface area contributed by atoms with E-state index in [0.717, 1.165) is 10.0 Å². The number of carbonyl (C=O) groups excluding carboxylic acids is 2. The zero-order valence-electron chi connectivity index (χ0n) is 14.1. The number of halogens is 1. The van der Waals surface area contributed by atoms with Crippen molar-refractivity contribution in [2.75, 3.05) is 0 Å². The van der Waals surface area contributed by atoms with Gasteiger partial charge in [0.05, 0.1) is 6.04 Å². The van der Waals surface area contributed by atoms with E-state index >= 15 is 0 Å². The van der Waals surface area contributed by atoms with Gasteiger partial charge in [0.15, 0.2) is 0 Å². The van der Waals surface area contributed by atoms with Crippen molar-refractivity contribution in [2.45, 2.75) is 39.8 Å². The number of benzene rings is 1. The molecule has 0 aliphatic heterocycles. The minimum Gasteiger partial charge on any atom is -0.348 e. The third kappa shape index (κ3) is 4.68. The third-order valence-corrected chi connectivity index (χ3v) is 5.26. The van der Waals surface area contributed by atoms with Crippen molar-refractivity contribution >= 4 is 39.1 Å². The smallest absolute Gasteiger partial charge is 0.251 e. The lowest BCUT2D eigenvalue weighted by molar-refractivity contribution is -0.123. The molecule has 1 aromatic carbocycles. The average Bonchev–Trinajstić information content (AvgIpc) is 2.86. The van der Waals surface area contributed by atoms with E-state index in [-0.39, 0.29) is 17.9 Å². The normalized spacial score (nSPS) is 13.2. The molecule has 0 spiro atoms. The second-order valence-electron chi connectivity index (χ2n) is 5.80. The van der Waals surface area contributed by atoms with Crippen LogP contribution in [0, 0.1) is 13.8 Å². The highest BCUT2D eigenvalue weighted by atomic mass is 79.9. The number of hydrogen-bond acceptors (Lipinski definition) is 3. The lowest BCUT2D eigenvalue weighted by Crippen LogP contribution is -2.45. The molecule has 0 fully saturated rings. The van der Waals surface area contributed by atoms with Crippen LogP contribution in [0.1, 0.15) is 45.6 Å². The van der Waals surface area contributed by atoms with Crippen LogP contribution in [-0.4, -0.2) is 17.9 Å². The molecule has 128 valence electrons. The number of carbonyl (C=O) groups is 2. The van der Waals surface area contributed by atoms with E-state index in [9.17, 15) is 9.59 Å². The zero-order chi connectivity index (χ0) is 17.9. The van der Waals surface area contributed by atoms with E-state index in [1.165, 1.54) is 9.75 Å². The molecule has 2 aromatic rings. The predicted molar refractivity (Wildman–Crippen MR) is 101 cm³/mol. The summed E-state index contributed by atoms with van der Waals surface area (Å²) in [5.41, 5.74) is 1.65. The molecule has 0 saturated heterocycles. The summed E-state index contributed by atoms with van der Waals surface area (Å²) < 4.78 is 0.903. The van der Waals surface area contributed by atoms with E-state index < -0.39 is 6.04 Å². The summed E-state index contributed by atoms with van der Waals surface area (Å²) in [5.74, 6) is -0.462. The summed E-state index contributed by atoms with van der Waals surface area (Å²) in [4.78, 5) is 26.9. The highest BCUT2D eigenvalue weighted by Gasteiger charge is 2.20. The van der Waals surface area contributed by atoms with Crippen molar-refractivity contribution in [3.05, 3.63) is 55.7 Å². The summed E-state index contributed by atoms with van der Waals surface area (Å²) in [6.07, 6.45) is 0. The SMILES string of the molecule is Cc1cc([C@H](C)NC(=O)[C@@H](C)NC(=O)c2ccc(Br)cc2)c(C)s1. The second kappa shape index (κ2) is 7.94. The molecule has 6 heteroatoms. The Hall–Kier alpha value is -1.66. The molecule has 1 heterocycles. The fourth-order valence-corrected chi connectivity index (χ4v) is 3.73. The van der Waals surface area contributed by atoms with Crippen LogP contribution in [-0.2, 0) is 4.79 Å². The first kappa shape index (κ1) is 18.7. The summed E-state index contributed by atoms with van der Waals surface area (Å²) in [5, 5.41) is 5.69. The average molecular weight is 409 g/mol.